The molecule has 0 spiro atoms. The molecule has 0 amide bonds. The van der Waals surface area contributed by atoms with Gasteiger partial charge < -0.3 is 4.90 Å². The maximum Gasteiger partial charge on any atom is 0.0465 e. The first-order chi connectivity index (χ1) is 21.0. The van der Waals surface area contributed by atoms with Crippen molar-refractivity contribution in [1.29, 1.82) is 0 Å². The van der Waals surface area contributed by atoms with E-state index in [0.717, 1.165) is 12.8 Å². The molecule has 0 radical (unpaired) electrons. The molecule has 2 aliphatic carbocycles. The predicted octanol–water partition coefficient (Wildman–Crippen LogP) is 11.7. The van der Waals surface area contributed by atoms with Crippen LogP contribution in [0, 0.1) is 0 Å². The molecule has 8 rings (SSSR count). The second-order valence-electron chi connectivity index (χ2n) is 12.8. The molecule has 2 aliphatic rings. The van der Waals surface area contributed by atoms with Crippen molar-refractivity contribution >= 4 is 27.8 Å². The summed E-state index contributed by atoms with van der Waals surface area (Å²) >= 11 is 0. The Morgan fingerprint density at radius 3 is 1.67 bits per heavy atom. The fourth-order valence-corrected chi connectivity index (χ4v) is 8.17. The van der Waals surface area contributed by atoms with E-state index in [-0.39, 0.29) is 10.8 Å². The summed E-state index contributed by atoms with van der Waals surface area (Å²) in [5.74, 6) is 0. The number of nitrogens with zero attached hydrogens (tertiary/aromatic N) is 1. The molecule has 6 aromatic carbocycles. The van der Waals surface area contributed by atoms with Crippen LogP contribution in [0.4, 0.5) is 17.1 Å². The van der Waals surface area contributed by atoms with Crippen molar-refractivity contribution in [2.45, 2.75) is 51.4 Å². The molecule has 0 heterocycles. The Morgan fingerprint density at radius 1 is 0.442 bits per heavy atom. The van der Waals surface area contributed by atoms with Gasteiger partial charge in [-0.1, -0.05) is 107 Å². The zero-order valence-corrected chi connectivity index (χ0v) is 25.5. The average molecular weight is 556 g/mol. The normalized spacial score (nSPS) is 15.1. The summed E-state index contributed by atoms with van der Waals surface area (Å²) in [7, 11) is 0. The zero-order chi connectivity index (χ0) is 29.3. The molecule has 0 saturated heterocycles. The van der Waals surface area contributed by atoms with Gasteiger partial charge in [0.25, 0.3) is 0 Å². The van der Waals surface area contributed by atoms with Gasteiger partial charge in [0.15, 0.2) is 0 Å². The molecule has 210 valence electrons. The third kappa shape index (κ3) is 3.64. The number of anilines is 3. The Labute approximate surface area is 255 Å². The van der Waals surface area contributed by atoms with E-state index in [9.17, 15) is 0 Å². The number of para-hydroxylation sites is 1. The largest absolute Gasteiger partial charge is 0.310 e. The van der Waals surface area contributed by atoms with E-state index in [0.29, 0.717) is 0 Å². The minimum absolute atomic E-state index is 0.00532. The summed E-state index contributed by atoms with van der Waals surface area (Å²) in [6.45, 7) is 9.45. The summed E-state index contributed by atoms with van der Waals surface area (Å²) in [6.07, 6.45) is 2.14. The van der Waals surface area contributed by atoms with E-state index >= 15 is 0 Å². The van der Waals surface area contributed by atoms with E-state index in [1.807, 2.05) is 0 Å². The monoisotopic (exact) mass is 555 g/mol. The van der Waals surface area contributed by atoms with Gasteiger partial charge in [-0.15, -0.1) is 0 Å². The van der Waals surface area contributed by atoms with Crippen molar-refractivity contribution in [1.82, 2.24) is 0 Å². The smallest absolute Gasteiger partial charge is 0.0465 e. The highest BCUT2D eigenvalue weighted by molar-refractivity contribution is 5.95. The second-order valence-corrected chi connectivity index (χ2v) is 12.8. The van der Waals surface area contributed by atoms with E-state index in [4.69, 9.17) is 0 Å². The fraction of sp³-hybridized carbons (Fsp3) is 0.190. The quantitative estimate of drug-likeness (QED) is 0.204. The summed E-state index contributed by atoms with van der Waals surface area (Å²) in [5, 5.41) is 2.64. The van der Waals surface area contributed by atoms with Crippen LogP contribution < -0.4 is 4.90 Å². The van der Waals surface area contributed by atoms with Crippen molar-refractivity contribution in [3.05, 3.63) is 150 Å². The Bertz CT molecular complexity index is 2030. The Morgan fingerprint density at radius 2 is 0.977 bits per heavy atom. The molecule has 0 unspecified atom stereocenters. The number of fused-ring (bicyclic) bond motifs is 7. The van der Waals surface area contributed by atoms with Crippen LogP contribution in [0.5, 0.6) is 0 Å². The Hall–Kier alpha value is -4.62. The van der Waals surface area contributed by atoms with Crippen molar-refractivity contribution in [2.24, 2.45) is 0 Å². The summed E-state index contributed by atoms with van der Waals surface area (Å²) < 4.78 is 0. The van der Waals surface area contributed by atoms with Gasteiger partial charge in [-0.25, -0.2) is 0 Å². The van der Waals surface area contributed by atoms with Gasteiger partial charge in [-0.2, -0.15) is 0 Å². The van der Waals surface area contributed by atoms with Gasteiger partial charge in [0.1, 0.15) is 0 Å². The lowest BCUT2D eigenvalue weighted by Gasteiger charge is -2.32. The first-order valence-electron chi connectivity index (χ1n) is 15.7. The SMILES string of the molecule is CCC1(CC)c2cc(N(c3ccccc3)c3ccc4c(c3)C(C)(C)c3ccccc3-4)ccc2-c2cc3ccccc3cc21. The van der Waals surface area contributed by atoms with E-state index in [1.165, 1.54) is 72.3 Å². The van der Waals surface area contributed by atoms with Crippen LogP contribution in [0.1, 0.15) is 62.8 Å². The molecule has 1 nitrogen and oxygen atoms in total. The zero-order valence-electron chi connectivity index (χ0n) is 25.5. The minimum Gasteiger partial charge on any atom is -0.310 e. The maximum absolute atomic E-state index is 2.49. The standard InChI is InChI=1S/C42H37N/c1-5-42(6-2)39-25-29-15-11-10-14-28(29)24-36(39)35-23-21-32(27-40(35)42)43(30-16-8-7-9-17-30)31-20-22-34-33-18-12-13-19-37(33)41(3,4)38(34)26-31/h7-27H,5-6H2,1-4H3. The molecule has 0 aromatic heterocycles. The first kappa shape index (κ1) is 26.0. The van der Waals surface area contributed by atoms with E-state index in [2.05, 4.69) is 160 Å². The van der Waals surface area contributed by atoms with Crippen LogP contribution >= 0.6 is 0 Å². The number of rotatable bonds is 5. The predicted molar refractivity (Wildman–Crippen MR) is 183 cm³/mol. The maximum atomic E-state index is 2.49. The van der Waals surface area contributed by atoms with Gasteiger partial charge in [-0.05, 0) is 117 Å². The fourth-order valence-electron chi connectivity index (χ4n) is 8.17. The highest BCUT2D eigenvalue weighted by Gasteiger charge is 2.41. The molecule has 0 fully saturated rings. The lowest BCUT2D eigenvalue weighted by Crippen LogP contribution is -2.23. The van der Waals surface area contributed by atoms with Gasteiger partial charge in [0, 0.05) is 27.9 Å². The van der Waals surface area contributed by atoms with Crippen LogP contribution in [0.2, 0.25) is 0 Å². The third-order valence-electron chi connectivity index (χ3n) is 10.5. The van der Waals surface area contributed by atoms with Crippen LogP contribution in [0.15, 0.2) is 127 Å². The topological polar surface area (TPSA) is 3.24 Å². The van der Waals surface area contributed by atoms with E-state index < -0.39 is 0 Å². The lowest BCUT2D eigenvalue weighted by atomic mass is 9.73. The van der Waals surface area contributed by atoms with Gasteiger partial charge in [0.05, 0.1) is 0 Å². The van der Waals surface area contributed by atoms with Gasteiger partial charge in [0.2, 0.25) is 0 Å². The Kier molecular flexibility index (Phi) is 5.72. The minimum atomic E-state index is -0.0501. The molecule has 0 atom stereocenters. The van der Waals surface area contributed by atoms with Crippen molar-refractivity contribution < 1.29 is 0 Å². The summed E-state index contributed by atoms with van der Waals surface area (Å²) in [5.41, 5.74) is 14.8. The molecule has 0 saturated carbocycles. The van der Waals surface area contributed by atoms with Crippen LogP contribution in [0.25, 0.3) is 33.0 Å². The molecule has 6 aromatic rings. The molecule has 43 heavy (non-hydrogen) atoms. The molecular formula is C42H37N. The first-order valence-corrected chi connectivity index (χ1v) is 15.7. The van der Waals surface area contributed by atoms with Crippen LogP contribution in [0.3, 0.4) is 0 Å². The average Bonchev–Trinajstić information content (AvgIpc) is 3.45. The number of hydrogen-bond acceptors (Lipinski definition) is 1. The second kappa shape index (κ2) is 9.44. The number of hydrogen-bond donors (Lipinski definition) is 0. The summed E-state index contributed by atoms with van der Waals surface area (Å²) in [4.78, 5) is 2.45. The van der Waals surface area contributed by atoms with Gasteiger partial charge >= 0.3 is 0 Å². The molecule has 0 N–H and O–H groups in total. The lowest BCUT2D eigenvalue weighted by molar-refractivity contribution is 0.491. The molecule has 0 aliphatic heterocycles. The van der Waals surface area contributed by atoms with Crippen LogP contribution in [-0.4, -0.2) is 0 Å². The van der Waals surface area contributed by atoms with Crippen molar-refractivity contribution in [3.63, 3.8) is 0 Å². The van der Waals surface area contributed by atoms with E-state index in [1.54, 1.807) is 0 Å². The summed E-state index contributed by atoms with van der Waals surface area (Å²) in [6, 6.07) is 47.7. The van der Waals surface area contributed by atoms with Gasteiger partial charge in [-0.3, -0.25) is 0 Å². The highest BCUT2D eigenvalue weighted by atomic mass is 15.1. The third-order valence-corrected chi connectivity index (χ3v) is 10.5. The Balaban J connectivity index is 1.33. The van der Waals surface area contributed by atoms with Crippen molar-refractivity contribution in [2.75, 3.05) is 4.90 Å². The molecule has 0 bridgehead atoms. The highest BCUT2D eigenvalue weighted by Crippen LogP contribution is 2.55. The molecular weight excluding hydrogens is 518 g/mol. The van der Waals surface area contributed by atoms with Crippen LogP contribution in [-0.2, 0) is 10.8 Å². The molecule has 1 heteroatoms. The van der Waals surface area contributed by atoms with Crippen molar-refractivity contribution in [3.8, 4) is 22.3 Å². The number of benzene rings is 6.